The van der Waals surface area contributed by atoms with Gasteiger partial charge in [0.1, 0.15) is 5.15 Å². The third-order valence-electron chi connectivity index (χ3n) is 2.38. The van der Waals surface area contributed by atoms with E-state index in [1.807, 2.05) is 0 Å². The maximum Gasteiger partial charge on any atom is 0.340 e. The lowest BCUT2D eigenvalue weighted by Crippen LogP contribution is -2.39. The number of esters is 1. The molecule has 7 nitrogen and oxygen atoms in total. The first-order chi connectivity index (χ1) is 9.43. The first-order valence-electron chi connectivity index (χ1n) is 5.67. The Morgan fingerprint density at radius 1 is 1.40 bits per heavy atom. The van der Waals surface area contributed by atoms with Crippen LogP contribution in [-0.4, -0.2) is 54.9 Å². The second-order valence-electron chi connectivity index (χ2n) is 3.87. The van der Waals surface area contributed by atoms with Gasteiger partial charge in [0.25, 0.3) is 5.91 Å². The van der Waals surface area contributed by atoms with Crippen LogP contribution in [0.15, 0.2) is 18.3 Å². The average molecular weight is 300 g/mol. The molecule has 0 spiro atoms. The van der Waals surface area contributed by atoms with Gasteiger partial charge in [0.05, 0.1) is 12.1 Å². The Morgan fingerprint density at radius 2 is 2.10 bits per heavy atom. The number of ether oxygens (including phenoxy) is 1. The van der Waals surface area contributed by atoms with E-state index in [0.29, 0.717) is 0 Å². The summed E-state index contributed by atoms with van der Waals surface area (Å²) in [7, 11) is 2.91. The van der Waals surface area contributed by atoms with Crippen molar-refractivity contribution in [2.75, 3.05) is 27.2 Å². The van der Waals surface area contributed by atoms with E-state index in [9.17, 15) is 14.4 Å². The number of nitrogens with one attached hydrogen (secondary N) is 1. The molecule has 108 valence electrons. The number of nitrogens with zero attached hydrogens (tertiary/aromatic N) is 2. The quantitative estimate of drug-likeness (QED) is 0.615. The van der Waals surface area contributed by atoms with Crippen LogP contribution in [-0.2, 0) is 14.3 Å². The van der Waals surface area contributed by atoms with Crippen molar-refractivity contribution in [3.63, 3.8) is 0 Å². The number of amides is 2. The second-order valence-corrected chi connectivity index (χ2v) is 4.26. The fourth-order valence-corrected chi connectivity index (χ4v) is 1.31. The summed E-state index contributed by atoms with van der Waals surface area (Å²) in [6.45, 7) is -0.551. The van der Waals surface area contributed by atoms with Crippen molar-refractivity contribution in [1.82, 2.24) is 15.2 Å². The molecular formula is C12H14ClN3O4. The van der Waals surface area contributed by atoms with Gasteiger partial charge >= 0.3 is 5.97 Å². The topological polar surface area (TPSA) is 88.6 Å². The molecule has 2 amide bonds. The number of carbonyl (C=O) groups is 3. The number of hydrogen-bond acceptors (Lipinski definition) is 5. The maximum absolute atomic E-state index is 11.6. The molecule has 0 radical (unpaired) electrons. The van der Waals surface area contributed by atoms with Crippen LogP contribution in [0.4, 0.5) is 0 Å². The lowest BCUT2D eigenvalue weighted by molar-refractivity contribution is -0.137. The zero-order valence-corrected chi connectivity index (χ0v) is 11.8. The highest BCUT2D eigenvalue weighted by Gasteiger charge is 2.15. The van der Waals surface area contributed by atoms with Gasteiger partial charge in [0.15, 0.2) is 6.61 Å². The van der Waals surface area contributed by atoms with Gasteiger partial charge in [-0.25, -0.2) is 9.78 Å². The molecule has 0 atom stereocenters. The van der Waals surface area contributed by atoms with Crippen LogP contribution in [0.5, 0.6) is 0 Å². The van der Waals surface area contributed by atoms with E-state index in [1.165, 1.54) is 32.4 Å². The van der Waals surface area contributed by atoms with Crippen molar-refractivity contribution in [2.24, 2.45) is 0 Å². The third-order valence-corrected chi connectivity index (χ3v) is 2.60. The van der Waals surface area contributed by atoms with E-state index in [-0.39, 0.29) is 23.2 Å². The van der Waals surface area contributed by atoms with Crippen LogP contribution in [0.2, 0.25) is 5.15 Å². The summed E-state index contributed by atoms with van der Waals surface area (Å²) < 4.78 is 4.82. The molecule has 1 rings (SSSR count). The van der Waals surface area contributed by atoms with Crippen LogP contribution in [0, 0.1) is 0 Å². The standard InChI is InChI=1S/C12H14ClN3O4/c1-14-10(17)6-16(2)11(18)7-20-12(19)8-3-4-9(13)15-5-8/h3-5H,6-7H2,1-2H3,(H,14,17). The van der Waals surface area contributed by atoms with Crippen LogP contribution in [0.25, 0.3) is 0 Å². The van der Waals surface area contributed by atoms with Crippen molar-refractivity contribution in [1.29, 1.82) is 0 Å². The molecule has 0 bridgehead atoms. The highest BCUT2D eigenvalue weighted by Crippen LogP contribution is 2.06. The summed E-state index contributed by atoms with van der Waals surface area (Å²) in [6, 6.07) is 2.88. The van der Waals surface area contributed by atoms with E-state index in [4.69, 9.17) is 16.3 Å². The zero-order valence-electron chi connectivity index (χ0n) is 11.1. The van der Waals surface area contributed by atoms with E-state index in [2.05, 4.69) is 10.3 Å². The predicted molar refractivity (Wildman–Crippen MR) is 71.2 cm³/mol. The lowest BCUT2D eigenvalue weighted by Gasteiger charge is -2.15. The number of halogens is 1. The van der Waals surface area contributed by atoms with Gasteiger partial charge in [-0.05, 0) is 12.1 Å². The van der Waals surface area contributed by atoms with E-state index >= 15 is 0 Å². The summed E-state index contributed by atoms with van der Waals surface area (Å²) in [6.07, 6.45) is 1.25. The summed E-state index contributed by atoms with van der Waals surface area (Å²) in [5.41, 5.74) is 0.191. The monoisotopic (exact) mass is 299 g/mol. The Labute approximate surface area is 120 Å². The van der Waals surface area contributed by atoms with Gasteiger partial charge in [-0.2, -0.15) is 0 Å². The first kappa shape index (κ1) is 15.9. The molecular weight excluding hydrogens is 286 g/mol. The molecule has 0 saturated carbocycles. The van der Waals surface area contributed by atoms with Crippen LogP contribution in [0.1, 0.15) is 10.4 Å². The van der Waals surface area contributed by atoms with Gasteiger partial charge < -0.3 is 15.0 Å². The van der Waals surface area contributed by atoms with E-state index in [0.717, 1.165) is 4.90 Å². The van der Waals surface area contributed by atoms with Crippen LogP contribution in [0.3, 0.4) is 0 Å². The molecule has 1 aromatic heterocycles. The number of carbonyl (C=O) groups excluding carboxylic acids is 3. The molecule has 8 heteroatoms. The summed E-state index contributed by atoms with van der Waals surface area (Å²) in [4.78, 5) is 39.2. The molecule has 0 aliphatic heterocycles. The van der Waals surface area contributed by atoms with Crippen LogP contribution < -0.4 is 5.32 Å². The number of likely N-dealkylation sites (N-methyl/N-ethyl adjacent to an activating group) is 2. The minimum absolute atomic E-state index is 0.102. The Kier molecular flexibility index (Phi) is 5.92. The van der Waals surface area contributed by atoms with E-state index in [1.54, 1.807) is 0 Å². The zero-order chi connectivity index (χ0) is 15.1. The molecule has 1 heterocycles. The van der Waals surface area contributed by atoms with E-state index < -0.39 is 18.5 Å². The van der Waals surface area contributed by atoms with Gasteiger partial charge in [-0.15, -0.1) is 0 Å². The van der Waals surface area contributed by atoms with Crippen LogP contribution >= 0.6 is 11.6 Å². The smallest absolute Gasteiger partial charge is 0.340 e. The van der Waals surface area contributed by atoms with Crippen molar-refractivity contribution >= 4 is 29.4 Å². The largest absolute Gasteiger partial charge is 0.452 e. The molecule has 0 aliphatic carbocycles. The number of aromatic nitrogens is 1. The number of hydrogen-bond donors (Lipinski definition) is 1. The average Bonchev–Trinajstić information content (AvgIpc) is 2.44. The molecule has 0 saturated heterocycles. The van der Waals surface area contributed by atoms with Crippen molar-refractivity contribution in [3.8, 4) is 0 Å². The summed E-state index contributed by atoms with van der Waals surface area (Å²) in [5, 5.41) is 2.64. The molecule has 0 unspecified atom stereocenters. The molecule has 1 aromatic rings. The predicted octanol–water partition coefficient (Wildman–Crippen LogP) is 0.0962. The number of rotatable bonds is 5. The maximum atomic E-state index is 11.6. The SMILES string of the molecule is CNC(=O)CN(C)C(=O)COC(=O)c1ccc(Cl)nc1. The highest BCUT2D eigenvalue weighted by atomic mass is 35.5. The molecule has 1 N–H and O–H groups in total. The Bertz CT molecular complexity index is 504. The lowest BCUT2D eigenvalue weighted by atomic mass is 10.3. The van der Waals surface area contributed by atoms with Gasteiger partial charge in [-0.3, -0.25) is 9.59 Å². The second kappa shape index (κ2) is 7.44. The fourth-order valence-electron chi connectivity index (χ4n) is 1.20. The normalized spacial score (nSPS) is 9.75. The minimum atomic E-state index is -0.684. The Balaban J connectivity index is 2.46. The highest BCUT2D eigenvalue weighted by molar-refractivity contribution is 6.29. The van der Waals surface area contributed by atoms with Crippen molar-refractivity contribution < 1.29 is 19.1 Å². The molecule has 0 fully saturated rings. The Hall–Kier alpha value is -2.15. The van der Waals surface area contributed by atoms with Gasteiger partial charge in [0, 0.05) is 20.3 Å². The number of pyridine rings is 1. The first-order valence-corrected chi connectivity index (χ1v) is 6.05. The van der Waals surface area contributed by atoms with Crippen molar-refractivity contribution in [3.05, 3.63) is 29.0 Å². The molecule has 0 aromatic carbocycles. The minimum Gasteiger partial charge on any atom is -0.452 e. The summed E-state index contributed by atoms with van der Waals surface area (Å²) in [5.74, 6) is -1.48. The molecule has 0 aliphatic rings. The van der Waals surface area contributed by atoms with Gasteiger partial charge in [-0.1, -0.05) is 11.6 Å². The molecule has 20 heavy (non-hydrogen) atoms. The third kappa shape index (κ3) is 4.85. The summed E-state index contributed by atoms with van der Waals surface area (Å²) >= 11 is 5.59. The fraction of sp³-hybridized carbons (Fsp3) is 0.333. The van der Waals surface area contributed by atoms with Crippen molar-refractivity contribution in [2.45, 2.75) is 0 Å². The van der Waals surface area contributed by atoms with Gasteiger partial charge in [0.2, 0.25) is 5.91 Å². The Morgan fingerprint density at radius 3 is 2.65 bits per heavy atom.